The fourth-order valence-corrected chi connectivity index (χ4v) is 1.92. The highest BCUT2D eigenvalue weighted by molar-refractivity contribution is 6.29. The molecule has 0 bridgehead atoms. The van der Waals surface area contributed by atoms with E-state index in [1.54, 1.807) is 6.07 Å². The van der Waals surface area contributed by atoms with Crippen LogP contribution >= 0.6 is 11.6 Å². The van der Waals surface area contributed by atoms with Crippen molar-refractivity contribution in [3.8, 4) is 0 Å². The van der Waals surface area contributed by atoms with Gasteiger partial charge in [-0.05, 0) is 12.1 Å². The first-order valence-corrected chi connectivity index (χ1v) is 5.75. The van der Waals surface area contributed by atoms with E-state index in [0.717, 1.165) is 38.5 Å². The van der Waals surface area contributed by atoms with Gasteiger partial charge in [-0.15, -0.1) is 16.8 Å². The molecule has 16 heavy (non-hydrogen) atoms. The van der Waals surface area contributed by atoms with Gasteiger partial charge in [0.2, 0.25) is 0 Å². The van der Waals surface area contributed by atoms with Gasteiger partial charge in [0.05, 0.1) is 0 Å². The molecule has 0 aliphatic carbocycles. The molecule has 0 saturated carbocycles. The van der Waals surface area contributed by atoms with Crippen molar-refractivity contribution in [2.24, 2.45) is 0 Å². The molecule has 0 N–H and O–H groups in total. The van der Waals surface area contributed by atoms with E-state index in [1.807, 2.05) is 12.1 Å². The summed E-state index contributed by atoms with van der Waals surface area (Å²) in [5.41, 5.74) is 0. The second-order valence-corrected chi connectivity index (χ2v) is 4.18. The molecule has 4 nitrogen and oxygen atoms in total. The lowest BCUT2D eigenvalue weighted by Crippen LogP contribution is -2.46. The molecular formula is C11H15ClN4. The van der Waals surface area contributed by atoms with E-state index >= 15 is 0 Å². The minimum absolute atomic E-state index is 0.439. The van der Waals surface area contributed by atoms with E-state index in [9.17, 15) is 0 Å². The van der Waals surface area contributed by atoms with Crippen molar-refractivity contribution in [1.29, 1.82) is 0 Å². The third-order valence-corrected chi connectivity index (χ3v) is 2.90. The fourth-order valence-electron chi connectivity index (χ4n) is 1.82. The highest BCUT2D eigenvalue weighted by Crippen LogP contribution is 2.13. The average molecular weight is 239 g/mol. The first kappa shape index (κ1) is 11.4. The summed E-state index contributed by atoms with van der Waals surface area (Å²) in [7, 11) is 0. The number of hydrogen-bond donors (Lipinski definition) is 0. The van der Waals surface area contributed by atoms with Crippen molar-refractivity contribution in [3.63, 3.8) is 0 Å². The zero-order valence-electron chi connectivity index (χ0n) is 9.14. The molecule has 2 heterocycles. The smallest absolute Gasteiger partial charge is 0.151 e. The summed E-state index contributed by atoms with van der Waals surface area (Å²) in [4.78, 5) is 4.59. The quantitative estimate of drug-likeness (QED) is 0.746. The standard InChI is InChI=1S/C11H15ClN4/c1-2-5-15-6-8-16(9-7-15)11-4-3-10(12)13-14-11/h2-4H,1,5-9H2. The first-order chi connectivity index (χ1) is 7.79. The van der Waals surface area contributed by atoms with Gasteiger partial charge in [-0.2, -0.15) is 0 Å². The van der Waals surface area contributed by atoms with Crippen LogP contribution in [-0.4, -0.2) is 47.8 Å². The van der Waals surface area contributed by atoms with Crippen LogP contribution < -0.4 is 4.90 Å². The maximum Gasteiger partial charge on any atom is 0.151 e. The Kier molecular flexibility index (Phi) is 3.74. The lowest BCUT2D eigenvalue weighted by atomic mass is 10.3. The third kappa shape index (κ3) is 2.71. The summed E-state index contributed by atoms with van der Waals surface area (Å²) < 4.78 is 0. The van der Waals surface area contributed by atoms with E-state index in [4.69, 9.17) is 11.6 Å². The number of rotatable bonds is 3. The van der Waals surface area contributed by atoms with Crippen LogP contribution in [0.3, 0.4) is 0 Å². The highest BCUT2D eigenvalue weighted by Gasteiger charge is 2.16. The molecule has 0 amide bonds. The van der Waals surface area contributed by atoms with Crippen LogP contribution in [0.1, 0.15) is 0 Å². The topological polar surface area (TPSA) is 32.3 Å². The molecule has 1 aromatic heterocycles. The summed E-state index contributed by atoms with van der Waals surface area (Å²) in [6.45, 7) is 8.74. The Morgan fingerprint density at radius 2 is 2.00 bits per heavy atom. The summed E-state index contributed by atoms with van der Waals surface area (Å²) in [5.74, 6) is 0.905. The zero-order valence-corrected chi connectivity index (χ0v) is 9.90. The monoisotopic (exact) mass is 238 g/mol. The molecule has 0 atom stereocenters. The Morgan fingerprint density at radius 1 is 1.25 bits per heavy atom. The van der Waals surface area contributed by atoms with Gasteiger partial charge >= 0.3 is 0 Å². The number of aromatic nitrogens is 2. The van der Waals surface area contributed by atoms with Crippen LogP contribution in [0.4, 0.5) is 5.82 Å². The van der Waals surface area contributed by atoms with Crippen LogP contribution in [0.15, 0.2) is 24.8 Å². The Balaban J connectivity index is 1.93. The van der Waals surface area contributed by atoms with Crippen molar-refractivity contribution in [2.45, 2.75) is 0 Å². The lowest BCUT2D eigenvalue weighted by molar-refractivity contribution is 0.283. The van der Waals surface area contributed by atoms with Gasteiger partial charge in [0.1, 0.15) is 0 Å². The molecule has 0 radical (unpaired) electrons. The Bertz CT molecular complexity index is 344. The van der Waals surface area contributed by atoms with Crippen LogP contribution in [0.25, 0.3) is 0 Å². The lowest BCUT2D eigenvalue weighted by Gasteiger charge is -2.34. The predicted molar refractivity (Wildman–Crippen MR) is 65.9 cm³/mol. The first-order valence-electron chi connectivity index (χ1n) is 5.37. The van der Waals surface area contributed by atoms with E-state index in [-0.39, 0.29) is 0 Å². The average Bonchev–Trinajstić information content (AvgIpc) is 2.32. The number of nitrogens with zero attached hydrogens (tertiary/aromatic N) is 4. The fraction of sp³-hybridized carbons (Fsp3) is 0.455. The Hall–Kier alpha value is -1.13. The van der Waals surface area contributed by atoms with Crippen molar-refractivity contribution in [3.05, 3.63) is 29.9 Å². The second kappa shape index (κ2) is 5.27. The van der Waals surface area contributed by atoms with Gasteiger partial charge < -0.3 is 4.90 Å². The summed E-state index contributed by atoms with van der Waals surface area (Å²) >= 11 is 5.70. The molecular weight excluding hydrogens is 224 g/mol. The van der Waals surface area contributed by atoms with E-state index in [0.29, 0.717) is 5.15 Å². The maximum atomic E-state index is 5.70. The highest BCUT2D eigenvalue weighted by atomic mass is 35.5. The molecule has 1 saturated heterocycles. The summed E-state index contributed by atoms with van der Waals surface area (Å²) in [5, 5.41) is 8.37. The molecule has 1 aliphatic heterocycles. The van der Waals surface area contributed by atoms with Crippen LogP contribution in [-0.2, 0) is 0 Å². The van der Waals surface area contributed by atoms with Crippen molar-refractivity contribution >= 4 is 17.4 Å². The molecule has 1 aliphatic rings. The van der Waals surface area contributed by atoms with Gasteiger partial charge in [-0.25, -0.2) is 0 Å². The molecule has 5 heteroatoms. The minimum Gasteiger partial charge on any atom is -0.353 e. The normalized spacial score (nSPS) is 17.4. The van der Waals surface area contributed by atoms with Crippen molar-refractivity contribution in [2.75, 3.05) is 37.6 Å². The number of anilines is 1. The van der Waals surface area contributed by atoms with Gasteiger partial charge in [-0.3, -0.25) is 4.90 Å². The Labute approximate surface area is 101 Å². The third-order valence-electron chi connectivity index (χ3n) is 2.70. The van der Waals surface area contributed by atoms with Crippen molar-refractivity contribution in [1.82, 2.24) is 15.1 Å². The molecule has 0 spiro atoms. The summed E-state index contributed by atoms with van der Waals surface area (Å²) in [6, 6.07) is 3.69. The molecule has 0 unspecified atom stereocenters. The maximum absolute atomic E-state index is 5.70. The van der Waals surface area contributed by atoms with Gasteiger partial charge in [0.25, 0.3) is 0 Å². The largest absolute Gasteiger partial charge is 0.353 e. The van der Waals surface area contributed by atoms with E-state index in [1.165, 1.54) is 0 Å². The van der Waals surface area contributed by atoms with Gasteiger partial charge in [0, 0.05) is 32.7 Å². The molecule has 1 fully saturated rings. The molecule has 1 aromatic rings. The van der Waals surface area contributed by atoms with Gasteiger partial charge in [-0.1, -0.05) is 17.7 Å². The molecule has 86 valence electrons. The Morgan fingerprint density at radius 3 is 2.56 bits per heavy atom. The SMILES string of the molecule is C=CCN1CCN(c2ccc(Cl)nn2)CC1. The number of halogens is 1. The van der Waals surface area contributed by atoms with Crippen molar-refractivity contribution < 1.29 is 0 Å². The van der Waals surface area contributed by atoms with Crippen LogP contribution in [0, 0.1) is 0 Å². The number of hydrogen-bond acceptors (Lipinski definition) is 4. The minimum atomic E-state index is 0.439. The molecule has 2 rings (SSSR count). The van der Waals surface area contributed by atoms with Gasteiger partial charge in [0.15, 0.2) is 11.0 Å². The molecule has 0 aromatic carbocycles. The van der Waals surface area contributed by atoms with E-state index < -0.39 is 0 Å². The second-order valence-electron chi connectivity index (χ2n) is 3.79. The predicted octanol–water partition coefficient (Wildman–Crippen LogP) is 1.44. The zero-order chi connectivity index (χ0) is 11.4. The number of piperazine rings is 1. The van der Waals surface area contributed by atoms with Crippen LogP contribution in [0.2, 0.25) is 5.15 Å². The summed E-state index contributed by atoms with van der Waals surface area (Å²) in [6.07, 6.45) is 1.94. The van der Waals surface area contributed by atoms with E-state index in [2.05, 4.69) is 26.6 Å². The van der Waals surface area contributed by atoms with Crippen LogP contribution in [0.5, 0.6) is 0 Å².